The molecule has 20 heavy (non-hydrogen) atoms. The van der Waals surface area contributed by atoms with Crippen molar-refractivity contribution in [3.8, 4) is 0 Å². The quantitative estimate of drug-likeness (QED) is 0.838. The van der Waals surface area contributed by atoms with Crippen molar-refractivity contribution < 1.29 is 9.53 Å². The molecule has 0 amide bonds. The average molecular weight is 297 g/mol. The molecule has 2 rings (SSSR count). The molecule has 4 nitrogen and oxygen atoms in total. The van der Waals surface area contributed by atoms with Gasteiger partial charge in [-0.1, -0.05) is 24.4 Å². The largest absolute Gasteiger partial charge is 0.465 e. The minimum Gasteiger partial charge on any atom is -0.465 e. The molecule has 0 radical (unpaired) electrons. The van der Waals surface area contributed by atoms with Gasteiger partial charge in [-0.3, -0.25) is 0 Å². The third kappa shape index (κ3) is 3.64. The van der Waals surface area contributed by atoms with E-state index in [4.69, 9.17) is 22.1 Å². The first-order valence-corrected chi connectivity index (χ1v) is 7.37. The van der Waals surface area contributed by atoms with Crippen LogP contribution in [0.25, 0.3) is 0 Å². The number of hydrogen-bond donors (Lipinski definition) is 2. The second-order valence-electron chi connectivity index (χ2n) is 5.27. The number of nitrogens with one attached hydrogen (secondary N) is 1. The van der Waals surface area contributed by atoms with E-state index in [9.17, 15) is 4.79 Å². The van der Waals surface area contributed by atoms with Crippen LogP contribution in [0.2, 0.25) is 5.02 Å². The molecule has 0 aromatic heterocycles. The Morgan fingerprint density at radius 1 is 1.45 bits per heavy atom. The van der Waals surface area contributed by atoms with Gasteiger partial charge in [-0.25, -0.2) is 4.79 Å². The van der Waals surface area contributed by atoms with Crippen LogP contribution in [0.3, 0.4) is 0 Å². The summed E-state index contributed by atoms with van der Waals surface area (Å²) in [6.45, 7) is 0.755. The predicted molar refractivity (Wildman–Crippen MR) is 81.2 cm³/mol. The lowest BCUT2D eigenvalue weighted by Gasteiger charge is -2.29. The van der Waals surface area contributed by atoms with Gasteiger partial charge in [0, 0.05) is 17.6 Å². The molecule has 110 valence electrons. The molecule has 0 aliphatic heterocycles. The van der Waals surface area contributed by atoms with Crippen molar-refractivity contribution in [2.75, 3.05) is 19.0 Å². The van der Waals surface area contributed by atoms with Crippen LogP contribution >= 0.6 is 11.6 Å². The van der Waals surface area contributed by atoms with Crippen LogP contribution in [0, 0.1) is 5.92 Å². The van der Waals surface area contributed by atoms with Gasteiger partial charge in [-0.15, -0.1) is 0 Å². The third-order valence-corrected chi connectivity index (χ3v) is 4.14. The van der Waals surface area contributed by atoms with Crippen molar-refractivity contribution in [3.63, 3.8) is 0 Å². The third-order valence-electron chi connectivity index (χ3n) is 3.91. The smallest absolute Gasteiger partial charge is 0.339 e. The molecular formula is C15H21ClN2O2. The number of rotatable bonds is 4. The fraction of sp³-hybridized carbons (Fsp3) is 0.533. The van der Waals surface area contributed by atoms with Crippen LogP contribution in [0.1, 0.15) is 36.0 Å². The van der Waals surface area contributed by atoms with Gasteiger partial charge in [0.2, 0.25) is 0 Å². The van der Waals surface area contributed by atoms with Gasteiger partial charge in [0.15, 0.2) is 0 Å². The maximum Gasteiger partial charge on any atom is 0.339 e. The van der Waals surface area contributed by atoms with Crippen LogP contribution in [-0.2, 0) is 4.74 Å². The highest BCUT2D eigenvalue weighted by molar-refractivity contribution is 6.31. The SMILES string of the molecule is COC(=O)c1ccc(Cl)cc1NC[C@@H]1CCCC[C@@H]1N. The lowest BCUT2D eigenvalue weighted by atomic mass is 9.85. The van der Waals surface area contributed by atoms with Gasteiger partial charge in [0.1, 0.15) is 0 Å². The fourth-order valence-electron chi connectivity index (χ4n) is 2.68. The fourth-order valence-corrected chi connectivity index (χ4v) is 2.85. The summed E-state index contributed by atoms with van der Waals surface area (Å²) < 4.78 is 4.78. The molecule has 2 atom stereocenters. The normalized spacial score (nSPS) is 22.4. The van der Waals surface area contributed by atoms with Gasteiger partial charge in [0.25, 0.3) is 0 Å². The number of carbonyl (C=O) groups excluding carboxylic acids is 1. The van der Waals surface area contributed by atoms with Gasteiger partial charge >= 0.3 is 5.97 Å². The summed E-state index contributed by atoms with van der Waals surface area (Å²) in [4.78, 5) is 11.7. The molecule has 5 heteroatoms. The zero-order valence-corrected chi connectivity index (χ0v) is 12.5. The Morgan fingerprint density at radius 2 is 2.20 bits per heavy atom. The Labute approximate surface area is 124 Å². The summed E-state index contributed by atoms with van der Waals surface area (Å²) in [6, 6.07) is 5.35. The van der Waals surface area contributed by atoms with E-state index in [2.05, 4.69) is 5.32 Å². The number of halogens is 1. The molecule has 1 fully saturated rings. The second kappa shape index (κ2) is 6.95. The molecule has 1 aliphatic rings. The monoisotopic (exact) mass is 296 g/mol. The molecule has 1 saturated carbocycles. The molecule has 1 aromatic carbocycles. The minimum absolute atomic E-state index is 0.233. The number of hydrogen-bond acceptors (Lipinski definition) is 4. The van der Waals surface area contributed by atoms with Crippen LogP contribution in [0.5, 0.6) is 0 Å². The Hall–Kier alpha value is -1.26. The molecule has 1 aromatic rings. The summed E-state index contributed by atoms with van der Waals surface area (Å²) in [5, 5.41) is 3.89. The highest BCUT2D eigenvalue weighted by Gasteiger charge is 2.22. The van der Waals surface area contributed by atoms with Crippen molar-refractivity contribution >= 4 is 23.3 Å². The van der Waals surface area contributed by atoms with Crippen LogP contribution in [0.15, 0.2) is 18.2 Å². The number of anilines is 1. The van der Waals surface area contributed by atoms with Crippen molar-refractivity contribution in [1.29, 1.82) is 0 Å². The van der Waals surface area contributed by atoms with E-state index < -0.39 is 0 Å². The average Bonchev–Trinajstić information content (AvgIpc) is 2.46. The summed E-state index contributed by atoms with van der Waals surface area (Å²) in [7, 11) is 1.37. The lowest BCUT2D eigenvalue weighted by Crippen LogP contribution is -2.37. The molecular weight excluding hydrogens is 276 g/mol. The second-order valence-corrected chi connectivity index (χ2v) is 5.71. The minimum atomic E-state index is -0.364. The van der Waals surface area contributed by atoms with Gasteiger partial charge in [-0.05, 0) is 37.0 Å². The van der Waals surface area contributed by atoms with Gasteiger partial charge in [-0.2, -0.15) is 0 Å². The highest BCUT2D eigenvalue weighted by Crippen LogP contribution is 2.26. The van der Waals surface area contributed by atoms with Crippen LogP contribution < -0.4 is 11.1 Å². The Morgan fingerprint density at radius 3 is 2.90 bits per heavy atom. The molecule has 0 unspecified atom stereocenters. The van der Waals surface area contributed by atoms with E-state index in [0.717, 1.165) is 19.4 Å². The topological polar surface area (TPSA) is 64.3 Å². The Bertz CT molecular complexity index is 479. The standard InChI is InChI=1S/C15H21ClN2O2/c1-20-15(19)12-7-6-11(16)8-14(12)18-9-10-4-2-3-5-13(10)17/h6-8,10,13,18H,2-5,9,17H2,1H3/t10-,13-/m0/s1. The first kappa shape index (κ1) is 15.1. The van der Waals surface area contributed by atoms with Gasteiger partial charge < -0.3 is 15.8 Å². The molecule has 3 N–H and O–H groups in total. The van der Waals surface area contributed by atoms with E-state index in [0.29, 0.717) is 22.2 Å². The Balaban J connectivity index is 2.07. The summed E-state index contributed by atoms with van der Waals surface area (Å²) in [6.07, 6.45) is 4.63. The molecule has 0 heterocycles. The number of carbonyl (C=O) groups is 1. The first-order chi connectivity index (χ1) is 9.61. The molecule has 0 bridgehead atoms. The zero-order valence-electron chi connectivity index (χ0n) is 11.7. The molecule has 0 saturated heterocycles. The van der Waals surface area contributed by atoms with Crippen molar-refractivity contribution in [3.05, 3.63) is 28.8 Å². The summed E-state index contributed by atoms with van der Waals surface area (Å²) in [5.41, 5.74) is 7.35. The van der Waals surface area contributed by atoms with Gasteiger partial charge in [0.05, 0.1) is 18.4 Å². The number of ether oxygens (including phenoxy) is 1. The molecule has 0 spiro atoms. The summed E-state index contributed by atoms with van der Waals surface area (Å²) in [5.74, 6) is 0.0744. The number of nitrogens with two attached hydrogens (primary N) is 1. The highest BCUT2D eigenvalue weighted by atomic mass is 35.5. The predicted octanol–water partition coefficient (Wildman–Crippen LogP) is 3.06. The molecule has 1 aliphatic carbocycles. The van der Waals surface area contributed by atoms with Crippen LogP contribution in [-0.4, -0.2) is 25.7 Å². The van der Waals surface area contributed by atoms with Crippen LogP contribution in [0.4, 0.5) is 5.69 Å². The van der Waals surface area contributed by atoms with E-state index in [-0.39, 0.29) is 12.0 Å². The van der Waals surface area contributed by atoms with Crippen molar-refractivity contribution in [2.24, 2.45) is 11.7 Å². The maximum atomic E-state index is 11.7. The Kier molecular flexibility index (Phi) is 5.26. The number of esters is 1. The van der Waals surface area contributed by atoms with Crippen molar-refractivity contribution in [2.45, 2.75) is 31.7 Å². The van der Waals surface area contributed by atoms with E-state index in [1.165, 1.54) is 20.0 Å². The van der Waals surface area contributed by atoms with E-state index in [1.807, 2.05) is 0 Å². The van der Waals surface area contributed by atoms with Crippen molar-refractivity contribution in [1.82, 2.24) is 0 Å². The van der Waals surface area contributed by atoms with E-state index in [1.54, 1.807) is 18.2 Å². The zero-order chi connectivity index (χ0) is 14.5. The lowest BCUT2D eigenvalue weighted by molar-refractivity contribution is 0.0602. The first-order valence-electron chi connectivity index (χ1n) is 6.99. The number of methoxy groups -OCH3 is 1. The maximum absolute atomic E-state index is 11.7. The summed E-state index contributed by atoms with van der Waals surface area (Å²) >= 11 is 6.00. The van der Waals surface area contributed by atoms with E-state index >= 15 is 0 Å². The number of benzene rings is 1.